The molecule has 1 heterocycles. The number of hydrogen-bond donors (Lipinski definition) is 2. The third-order valence-corrected chi connectivity index (χ3v) is 4.49. The molecule has 2 rings (SSSR count). The number of nitrogens with one attached hydrogen (secondary N) is 1. The van der Waals surface area contributed by atoms with Gasteiger partial charge < -0.3 is 10.5 Å². The Bertz CT molecular complexity index is 351. The predicted molar refractivity (Wildman–Crippen MR) is 74.4 cm³/mol. The van der Waals surface area contributed by atoms with E-state index in [1.54, 1.807) is 0 Å². The molecule has 1 saturated carbocycles. The van der Waals surface area contributed by atoms with Crippen LogP contribution in [0.1, 0.15) is 46.0 Å². The minimum atomic E-state index is -0.0942. The van der Waals surface area contributed by atoms with Gasteiger partial charge in [-0.25, -0.2) is 0 Å². The number of carbonyl (C=O) groups is 1. The Hall–Kier alpha value is -1.10. The zero-order valence-corrected chi connectivity index (χ0v) is 11.9. The zero-order valence-electron chi connectivity index (χ0n) is 11.9. The molecule has 2 fully saturated rings. The van der Waals surface area contributed by atoms with Gasteiger partial charge in [-0.1, -0.05) is 24.9 Å². The van der Waals surface area contributed by atoms with Gasteiger partial charge in [0, 0.05) is 31.5 Å². The maximum atomic E-state index is 12.2. The summed E-state index contributed by atoms with van der Waals surface area (Å²) in [6.07, 6.45) is 5.46. The first kappa shape index (κ1) is 14.3. The van der Waals surface area contributed by atoms with Crippen LogP contribution in [0, 0.1) is 5.92 Å². The highest BCUT2D eigenvalue weighted by atomic mass is 16.4. The van der Waals surface area contributed by atoms with E-state index in [-0.39, 0.29) is 17.9 Å². The van der Waals surface area contributed by atoms with Crippen molar-refractivity contribution < 1.29 is 10.0 Å². The minimum absolute atomic E-state index is 0.0942. The van der Waals surface area contributed by atoms with E-state index < -0.39 is 0 Å². The molecule has 1 amide bonds. The van der Waals surface area contributed by atoms with Gasteiger partial charge in [0.25, 0.3) is 0 Å². The van der Waals surface area contributed by atoms with Crippen LogP contribution in [0.15, 0.2) is 5.16 Å². The van der Waals surface area contributed by atoms with E-state index in [9.17, 15) is 4.79 Å². The molecule has 0 aromatic rings. The molecule has 0 aromatic heterocycles. The highest BCUT2D eigenvalue weighted by Gasteiger charge is 2.30. The van der Waals surface area contributed by atoms with Crippen LogP contribution in [0.2, 0.25) is 0 Å². The van der Waals surface area contributed by atoms with E-state index in [0.717, 1.165) is 38.1 Å². The van der Waals surface area contributed by atoms with Crippen molar-refractivity contribution in [3.05, 3.63) is 0 Å². The van der Waals surface area contributed by atoms with Gasteiger partial charge in [-0.3, -0.25) is 9.69 Å². The number of carbonyl (C=O) groups excluding carboxylic acids is 1. The summed E-state index contributed by atoms with van der Waals surface area (Å²) < 4.78 is 0. The Morgan fingerprint density at radius 1 is 1.47 bits per heavy atom. The van der Waals surface area contributed by atoms with E-state index in [1.807, 2.05) is 13.8 Å². The van der Waals surface area contributed by atoms with Gasteiger partial charge in [-0.15, -0.1) is 0 Å². The summed E-state index contributed by atoms with van der Waals surface area (Å²) in [6.45, 7) is 5.60. The second-order valence-corrected chi connectivity index (χ2v) is 5.90. The highest BCUT2D eigenvalue weighted by Crippen LogP contribution is 2.19. The summed E-state index contributed by atoms with van der Waals surface area (Å²) in [4.78, 5) is 14.4. The number of amides is 1. The lowest BCUT2D eigenvalue weighted by molar-refractivity contribution is -0.126. The molecule has 108 valence electrons. The van der Waals surface area contributed by atoms with Crippen LogP contribution in [-0.4, -0.2) is 46.9 Å². The number of piperidine rings is 1. The van der Waals surface area contributed by atoms with Crippen LogP contribution in [0.3, 0.4) is 0 Å². The summed E-state index contributed by atoms with van der Waals surface area (Å²) in [5.41, 5.74) is 0.847. The lowest BCUT2D eigenvalue weighted by Crippen LogP contribution is -2.52. The quantitative estimate of drug-likeness (QED) is 0.603. The van der Waals surface area contributed by atoms with E-state index >= 15 is 0 Å². The first-order chi connectivity index (χ1) is 9.11. The summed E-state index contributed by atoms with van der Waals surface area (Å²) in [7, 11) is 0. The number of nitrogens with zero attached hydrogens (tertiary/aromatic N) is 2. The van der Waals surface area contributed by atoms with Crippen molar-refractivity contribution in [2.75, 3.05) is 13.1 Å². The fraction of sp³-hybridized carbons (Fsp3) is 0.857. The zero-order chi connectivity index (χ0) is 13.8. The molecule has 2 aliphatic rings. The average molecular weight is 267 g/mol. The van der Waals surface area contributed by atoms with Gasteiger partial charge in [0.15, 0.2) is 0 Å². The standard InChI is InChI=1S/C14H25N3O2/c1-10-9-17(8-7-13(10)16-19)11(2)14(18)15-12-5-3-4-6-12/h10-12,19H,3-9H2,1-2H3,(H,15,18). The Labute approximate surface area is 115 Å². The van der Waals surface area contributed by atoms with Crippen LogP contribution in [0.5, 0.6) is 0 Å². The molecule has 1 aliphatic heterocycles. The molecule has 1 saturated heterocycles. The van der Waals surface area contributed by atoms with Crippen LogP contribution in [-0.2, 0) is 4.79 Å². The number of hydrogen-bond acceptors (Lipinski definition) is 4. The average Bonchev–Trinajstić information content (AvgIpc) is 2.90. The first-order valence-electron chi connectivity index (χ1n) is 7.37. The molecule has 1 aliphatic carbocycles. The Morgan fingerprint density at radius 2 is 2.16 bits per heavy atom. The molecule has 2 atom stereocenters. The van der Waals surface area contributed by atoms with Gasteiger partial charge in [0.1, 0.15) is 0 Å². The first-order valence-corrected chi connectivity index (χ1v) is 7.37. The van der Waals surface area contributed by atoms with Gasteiger partial charge >= 0.3 is 0 Å². The monoisotopic (exact) mass is 267 g/mol. The normalized spacial score (nSPS) is 29.6. The van der Waals surface area contributed by atoms with E-state index in [2.05, 4.69) is 15.4 Å². The Balaban J connectivity index is 1.85. The molecule has 0 radical (unpaired) electrons. The van der Waals surface area contributed by atoms with Crippen LogP contribution >= 0.6 is 0 Å². The molecule has 2 unspecified atom stereocenters. The summed E-state index contributed by atoms with van der Waals surface area (Å²) in [6, 6.07) is 0.287. The molecule has 5 nitrogen and oxygen atoms in total. The molecular formula is C14H25N3O2. The topological polar surface area (TPSA) is 64.9 Å². The van der Waals surface area contributed by atoms with E-state index in [0.29, 0.717) is 6.04 Å². The summed E-state index contributed by atoms with van der Waals surface area (Å²) in [5, 5.41) is 15.4. The number of likely N-dealkylation sites (tertiary alicyclic amines) is 1. The molecule has 0 bridgehead atoms. The van der Waals surface area contributed by atoms with E-state index in [1.165, 1.54) is 12.8 Å². The predicted octanol–water partition coefficient (Wildman–Crippen LogP) is 1.61. The van der Waals surface area contributed by atoms with Gasteiger partial charge in [-0.05, 0) is 19.8 Å². The number of rotatable bonds is 3. The van der Waals surface area contributed by atoms with Crippen molar-refractivity contribution in [1.82, 2.24) is 10.2 Å². The van der Waals surface area contributed by atoms with Gasteiger partial charge in [0.05, 0.1) is 11.8 Å². The third kappa shape index (κ3) is 3.47. The molecule has 0 aromatic carbocycles. The minimum Gasteiger partial charge on any atom is -0.411 e. The summed E-state index contributed by atoms with van der Waals surface area (Å²) >= 11 is 0. The van der Waals surface area contributed by atoms with Gasteiger partial charge in [-0.2, -0.15) is 0 Å². The Kier molecular flexibility index (Phi) is 4.80. The van der Waals surface area contributed by atoms with Crippen LogP contribution in [0.4, 0.5) is 0 Å². The van der Waals surface area contributed by atoms with Gasteiger partial charge in [0.2, 0.25) is 5.91 Å². The van der Waals surface area contributed by atoms with Crippen LogP contribution in [0.25, 0.3) is 0 Å². The second kappa shape index (κ2) is 6.37. The summed E-state index contributed by atoms with van der Waals surface area (Å²) in [5.74, 6) is 0.365. The van der Waals surface area contributed by atoms with E-state index in [4.69, 9.17) is 5.21 Å². The smallest absolute Gasteiger partial charge is 0.237 e. The Morgan fingerprint density at radius 3 is 2.74 bits per heavy atom. The SMILES string of the molecule is CC1CN(C(C)C(=O)NC2CCCC2)CCC1=NO. The van der Waals surface area contributed by atoms with Crippen LogP contribution < -0.4 is 5.32 Å². The molecule has 0 spiro atoms. The fourth-order valence-electron chi connectivity index (χ4n) is 3.11. The van der Waals surface area contributed by atoms with Crippen molar-refractivity contribution >= 4 is 11.6 Å². The van der Waals surface area contributed by atoms with Crippen molar-refractivity contribution in [1.29, 1.82) is 0 Å². The third-order valence-electron chi connectivity index (χ3n) is 4.49. The molecule has 5 heteroatoms. The lowest BCUT2D eigenvalue weighted by Gasteiger charge is -2.35. The molecular weight excluding hydrogens is 242 g/mol. The highest BCUT2D eigenvalue weighted by molar-refractivity contribution is 5.87. The molecule has 19 heavy (non-hydrogen) atoms. The second-order valence-electron chi connectivity index (χ2n) is 5.90. The fourth-order valence-corrected chi connectivity index (χ4v) is 3.11. The number of oxime groups is 1. The van der Waals surface area contributed by atoms with Crippen molar-refractivity contribution in [3.63, 3.8) is 0 Å². The van der Waals surface area contributed by atoms with Crippen molar-refractivity contribution in [2.45, 2.75) is 58.0 Å². The largest absolute Gasteiger partial charge is 0.411 e. The maximum absolute atomic E-state index is 12.2. The van der Waals surface area contributed by atoms with Crippen molar-refractivity contribution in [3.8, 4) is 0 Å². The van der Waals surface area contributed by atoms with Crippen molar-refractivity contribution in [2.24, 2.45) is 11.1 Å². The lowest BCUT2D eigenvalue weighted by atomic mass is 9.96. The maximum Gasteiger partial charge on any atom is 0.237 e. The molecule has 2 N–H and O–H groups in total.